The van der Waals surface area contributed by atoms with E-state index in [1.807, 2.05) is 6.92 Å². The minimum absolute atomic E-state index is 0.00326. The first-order valence-electron chi connectivity index (χ1n) is 11.2. The van der Waals surface area contributed by atoms with Crippen LogP contribution in [0, 0.1) is 0 Å². The maximum absolute atomic E-state index is 13.6. The van der Waals surface area contributed by atoms with Gasteiger partial charge in [-0.15, -0.1) is 0 Å². The van der Waals surface area contributed by atoms with Crippen LogP contribution in [-0.4, -0.2) is 36.4 Å². The van der Waals surface area contributed by atoms with Crippen LogP contribution in [0.15, 0.2) is 64.5 Å². The molecule has 3 aromatic rings. The topological polar surface area (TPSA) is 99.0 Å². The second-order valence-electron chi connectivity index (χ2n) is 7.88. The summed E-state index contributed by atoms with van der Waals surface area (Å²) in [6.45, 7) is 2.57. The molecule has 0 radical (unpaired) electrons. The van der Waals surface area contributed by atoms with Gasteiger partial charge in [0.05, 0.1) is 22.9 Å². The molecule has 1 amide bonds. The lowest BCUT2D eigenvalue weighted by molar-refractivity contribution is -0.113. The quantitative estimate of drug-likeness (QED) is 0.482. The molecule has 1 saturated heterocycles. The molecule has 0 atom stereocenters. The third kappa shape index (κ3) is 4.05. The first kappa shape index (κ1) is 22.2. The van der Waals surface area contributed by atoms with Gasteiger partial charge in [0.1, 0.15) is 0 Å². The summed E-state index contributed by atoms with van der Waals surface area (Å²) in [6, 6.07) is 15.7. The molecule has 9 nitrogen and oxygen atoms in total. The maximum atomic E-state index is 13.6. The van der Waals surface area contributed by atoms with Crippen LogP contribution < -0.4 is 28.6 Å². The highest BCUT2D eigenvalue weighted by Crippen LogP contribution is 2.43. The molecule has 36 heavy (non-hydrogen) atoms. The van der Waals surface area contributed by atoms with Crippen LogP contribution >= 0.6 is 11.8 Å². The third-order valence-corrected chi connectivity index (χ3v) is 6.55. The number of rotatable bonds is 5. The van der Waals surface area contributed by atoms with Gasteiger partial charge in [-0.3, -0.25) is 9.69 Å². The predicted molar refractivity (Wildman–Crippen MR) is 135 cm³/mol. The lowest BCUT2D eigenvalue weighted by Crippen LogP contribution is -2.28. The highest BCUT2D eigenvalue weighted by Gasteiger charge is 2.36. The van der Waals surface area contributed by atoms with Crippen molar-refractivity contribution >= 4 is 40.3 Å². The summed E-state index contributed by atoms with van der Waals surface area (Å²) in [7, 11) is 0. The Morgan fingerprint density at radius 2 is 1.69 bits per heavy atom. The summed E-state index contributed by atoms with van der Waals surface area (Å²) in [6.07, 6.45) is 1.71. The number of ether oxygens (including phenoxy) is 5. The fraction of sp³-hybridized carbons (Fsp3) is 0.154. The SMILES string of the molecule is CCOc1ccc(/C=C2\SC(=Nc3ccc4c(c3)OCO4)N(c3ccc4c(c3)OCO4)C2=O)cc1O. The van der Waals surface area contributed by atoms with Crippen LogP contribution in [0.3, 0.4) is 0 Å². The molecule has 1 N–H and O–H groups in total. The summed E-state index contributed by atoms with van der Waals surface area (Å²) >= 11 is 1.23. The van der Waals surface area contributed by atoms with E-state index in [1.165, 1.54) is 16.7 Å². The molecule has 3 aromatic carbocycles. The highest BCUT2D eigenvalue weighted by molar-refractivity contribution is 8.19. The monoisotopic (exact) mass is 504 g/mol. The first-order valence-corrected chi connectivity index (χ1v) is 12.0. The van der Waals surface area contributed by atoms with Crippen molar-refractivity contribution in [3.63, 3.8) is 0 Å². The highest BCUT2D eigenvalue weighted by atomic mass is 32.2. The predicted octanol–water partition coefficient (Wildman–Crippen LogP) is 5.06. The number of phenols is 1. The molecule has 3 aliphatic heterocycles. The van der Waals surface area contributed by atoms with Gasteiger partial charge in [0.15, 0.2) is 39.7 Å². The van der Waals surface area contributed by atoms with Gasteiger partial charge < -0.3 is 28.8 Å². The Morgan fingerprint density at radius 1 is 0.972 bits per heavy atom. The summed E-state index contributed by atoms with van der Waals surface area (Å²) in [5, 5.41) is 10.7. The Kier molecular flexibility index (Phi) is 5.57. The van der Waals surface area contributed by atoms with Gasteiger partial charge >= 0.3 is 0 Å². The average molecular weight is 505 g/mol. The number of amidine groups is 1. The Hall–Kier alpha value is -4.31. The number of carbonyl (C=O) groups is 1. The number of nitrogens with zero attached hydrogens (tertiary/aromatic N) is 2. The Balaban J connectivity index is 1.39. The molecule has 0 saturated carbocycles. The van der Waals surface area contributed by atoms with Crippen LogP contribution in [0.25, 0.3) is 6.08 Å². The molecule has 0 aliphatic carbocycles. The van der Waals surface area contributed by atoms with E-state index in [-0.39, 0.29) is 25.2 Å². The normalized spacial score (nSPS) is 17.9. The van der Waals surface area contributed by atoms with Crippen LogP contribution in [0.2, 0.25) is 0 Å². The molecular formula is C26H20N2O7S. The molecule has 10 heteroatoms. The Bertz CT molecular complexity index is 1440. The summed E-state index contributed by atoms with van der Waals surface area (Å²) in [4.78, 5) is 20.3. The standard InChI is InChI=1S/C26H20N2O7S/c1-2-31-19-6-3-15(9-18(19)29)10-24-25(30)28(17-5-8-21-23(12-17)35-14-33-21)26(36-24)27-16-4-7-20-22(11-16)34-13-32-20/h3-12,29H,2,13-14H2,1H3/b24-10-,27-26?. The zero-order valence-electron chi connectivity index (χ0n) is 19.1. The third-order valence-electron chi connectivity index (χ3n) is 5.58. The van der Waals surface area contributed by atoms with Crippen molar-refractivity contribution in [2.75, 3.05) is 25.1 Å². The number of anilines is 1. The first-order chi connectivity index (χ1) is 17.6. The van der Waals surface area contributed by atoms with Gasteiger partial charge in [-0.05, 0) is 66.7 Å². The van der Waals surface area contributed by atoms with E-state index in [4.69, 9.17) is 28.7 Å². The van der Waals surface area contributed by atoms with E-state index in [2.05, 4.69) is 0 Å². The van der Waals surface area contributed by atoms with Crippen molar-refractivity contribution in [2.45, 2.75) is 6.92 Å². The number of hydrogen-bond donors (Lipinski definition) is 1. The summed E-state index contributed by atoms with van der Waals surface area (Å²) < 4.78 is 27.2. The average Bonchev–Trinajstić information content (AvgIpc) is 3.60. The van der Waals surface area contributed by atoms with Gasteiger partial charge in [0, 0.05) is 12.1 Å². The molecule has 3 heterocycles. The van der Waals surface area contributed by atoms with E-state index in [0.717, 1.165) is 0 Å². The van der Waals surface area contributed by atoms with Crippen LogP contribution in [-0.2, 0) is 4.79 Å². The molecule has 0 bridgehead atoms. The maximum Gasteiger partial charge on any atom is 0.271 e. The Morgan fingerprint density at radius 3 is 2.44 bits per heavy atom. The minimum atomic E-state index is -0.258. The number of benzene rings is 3. The van der Waals surface area contributed by atoms with E-state index < -0.39 is 0 Å². The van der Waals surface area contributed by atoms with E-state index >= 15 is 0 Å². The number of aromatic hydroxyl groups is 1. The number of carbonyl (C=O) groups excluding carboxylic acids is 1. The number of fused-ring (bicyclic) bond motifs is 2. The zero-order valence-corrected chi connectivity index (χ0v) is 19.9. The fourth-order valence-electron chi connectivity index (χ4n) is 3.92. The van der Waals surface area contributed by atoms with E-state index in [1.54, 1.807) is 60.7 Å². The van der Waals surface area contributed by atoms with Crippen LogP contribution in [0.5, 0.6) is 34.5 Å². The zero-order chi connectivity index (χ0) is 24.6. The van der Waals surface area contributed by atoms with Crippen molar-refractivity contribution in [3.8, 4) is 34.5 Å². The molecule has 6 rings (SSSR count). The van der Waals surface area contributed by atoms with Gasteiger partial charge in [-0.25, -0.2) is 4.99 Å². The van der Waals surface area contributed by atoms with Crippen LogP contribution in [0.1, 0.15) is 12.5 Å². The molecule has 0 spiro atoms. The molecule has 0 aromatic heterocycles. The lowest BCUT2D eigenvalue weighted by atomic mass is 10.2. The van der Waals surface area contributed by atoms with Crippen LogP contribution in [0.4, 0.5) is 11.4 Å². The van der Waals surface area contributed by atoms with Crippen molar-refractivity contribution in [1.82, 2.24) is 0 Å². The largest absolute Gasteiger partial charge is 0.504 e. The number of amides is 1. The van der Waals surface area contributed by atoms with Crippen molar-refractivity contribution in [2.24, 2.45) is 4.99 Å². The number of phenolic OH excluding ortho intramolecular Hbond substituents is 1. The summed E-state index contributed by atoms with van der Waals surface area (Å²) in [5.74, 6) is 2.56. The molecule has 1 fully saturated rings. The molecular weight excluding hydrogens is 484 g/mol. The smallest absolute Gasteiger partial charge is 0.271 e. The van der Waals surface area contributed by atoms with Crippen molar-refractivity contribution in [3.05, 3.63) is 65.1 Å². The second kappa shape index (κ2) is 9.04. The fourth-order valence-corrected chi connectivity index (χ4v) is 4.92. The molecule has 0 unspecified atom stereocenters. The number of thioether (sulfide) groups is 1. The number of hydrogen-bond acceptors (Lipinski definition) is 9. The number of aliphatic imine (C=N–C) groups is 1. The van der Waals surface area contributed by atoms with Gasteiger partial charge in [0.25, 0.3) is 5.91 Å². The van der Waals surface area contributed by atoms with Crippen molar-refractivity contribution in [1.29, 1.82) is 0 Å². The summed E-state index contributed by atoms with van der Waals surface area (Å²) in [5.41, 5.74) is 1.86. The van der Waals surface area contributed by atoms with Crippen molar-refractivity contribution < 1.29 is 33.6 Å². The molecule has 3 aliphatic rings. The second-order valence-corrected chi connectivity index (χ2v) is 8.89. The van der Waals surface area contributed by atoms with Gasteiger partial charge in [0.2, 0.25) is 13.6 Å². The Labute approximate surface area is 210 Å². The van der Waals surface area contributed by atoms with E-state index in [0.29, 0.717) is 62.4 Å². The van der Waals surface area contributed by atoms with Gasteiger partial charge in [-0.2, -0.15) is 0 Å². The van der Waals surface area contributed by atoms with E-state index in [9.17, 15) is 9.90 Å². The van der Waals surface area contributed by atoms with Gasteiger partial charge in [-0.1, -0.05) is 6.07 Å². The minimum Gasteiger partial charge on any atom is -0.504 e. The molecule has 182 valence electrons. The lowest BCUT2D eigenvalue weighted by Gasteiger charge is -2.16.